The summed E-state index contributed by atoms with van der Waals surface area (Å²) in [4.78, 5) is 15.2. The van der Waals surface area contributed by atoms with Crippen molar-refractivity contribution in [3.8, 4) is 5.75 Å². The Bertz CT molecular complexity index is 555. The molecule has 0 amide bonds. The SMILES string of the molecule is COc1cc(N2CCN(C3CC3)CC2)c(Cl)cc1[N+](=O)[O-]. The fourth-order valence-electron chi connectivity index (χ4n) is 2.85. The van der Waals surface area contributed by atoms with Crippen LogP contribution < -0.4 is 9.64 Å². The van der Waals surface area contributed by atoms with E-state index in [1.165, 1.54) is 26.0 Å². The lowest BCUT2D eigenvalue weighted by Gasteiger charge is -2.36. The van der Waals surface area contributed by atoms with E-state index < -0.39 is 4.92 Å². The lowest BCUT2D eigenvalue weighted by molar-refractivity contribution is -0.385. The predicted octanol–water partition coefficient (Wildman–Crippen LogP) is 2.54. The van der Waals surface area contributed by atoms with Crippen LogP contribution in [-0.2, 0) is 0 Å². The summed E-state index contributed by atoms with van der Waals surface area (Å²) in [6.07, 6.45) is 2.62. The molecule has 3 rings (SSSR count). The highest BCUT2D eigenvalue weighted by Gasteiger charge is 2.32. The first-order chi connectivity index (χ1) is 10.1. The van der Waals surface area contributed by atoms with Crippen molar-refractivity contribution in [2.75, 3.05) is 38.2 Å². The van der Waals surface area contributed by atoms with Gasteiger partial charge in [0, 0.05) is 44.4 Å². The lowest BCUT2D eigenvalue weighted by atomic mass is 10.2. The molecule has 114 valence electrons. The van der Waals surface area contributed by atoms with Crippen LogP contribution in [0, 0.1) is 10.1 Å². The molecule has 1 saturated heterocycles. The average molecular weight is 312 g/mol. The molecule has 2 fully saturated rings. The summed E-state index contributed by atoms with van der Waals surface area (Å²) in [7, 11) is 1.44. The first-order valence-electron chi connectivity index (χ1n) is 7.11. The zero-order chi connectivity index (χ0) is 15.0. The Balaban J connectivity index is 1.80. The van der Waals surface area contributed by atoms with Crippen molar-refractivity contribution in [3.63, 3.8) is 0 Å². The van der Waals surface area contributed by atoms with E-state index >= 15 is 0 Å². The molecule has 0 spiro atoms. The zero-order valence-electron chi connectivity index (χ0n) is 11.9. The number of hydrogen-bond donors (Lipinski definition) is 0. The maximum atomic E-state index is 11.0. The van der Waals surface area contributed by atoms with Gasteiger partial charge in [-0.3, -0.25) is 15.0 Å². The lowest BCUT2D eigenvalue weighted by Crippen LogP contribution is -2.47. The van der Waals surface area contributed by atoms with Gasteiger partial charge in [-0.2, -0.15) is 0 Å². The summed E-state index contributed by atoms with van der Waals surface area (Å²) < 4.78 is 5.13. The molecule has 2 aliphatic rings. The molecule has 0 bridgehead atoms. The monoisotopic (exact) mass is 311 g/mol. The molecule has 0 unspecified atom stereocenters. The Kier molecular flexibility index (Phi) is 3.91. The average Bonchev–Trinajstić information content (AvgIpc) is 3.32. The fraction of sp³-hybridized carbons (Fsp3) is 0.571. The van der Waals surface area contributed by atoms with Gasteiger partial charge in [0.25, 0.3) is 0 Å². The van der Waals surface area contributed by atoms with Crippen LogP contribution in [0.5, 0.6) is 5.75 Å². The third kappa shape index (κ3) is 2.91. The Hall–Kier alpha value is -1.53. The minimum atomic E-state index is -0.473. The molecule has 1 aromatic rings. The molecule has 21 heavy (non-hydrogen) atoms. The standard InChI is InChI=1S/C14H18ClN3O3/c1-21-14-9-12(11(15)8-13(14)18(19)20)17-6-4-16(5-7-17)10-2-3-10/h8-10H,2-7H2,1H3. The van der Waals surface area contributed by atoms with Crippen LogP contribution in [0.1, 0.15) is 12.8 Å². The van der Waals surface area contributed by atoms with E-state index in [1.807, 2.05) is 0 Å². The summed E-state index contributed by atoms with van der Waals surface area (Å²) in [6, 6.07) is 3.82. The zero-order valence-corrected chi connectivity index (χ0v) is 12.7. The number of halogens is 1. The first-order valence-corrected chi connectivity index (χ1v) is 7.49. The number of nitro groups is 1. The summed E-state index contributed by atoms with van der Waals surface area (Å²) in [6.45, 7) is 3.80. The highest BCUT2D eigenvalue weighted by atomic mass is 35.5. The highest BCUT2D eigenvalue weighted by molar-refractivity contribution is 6.33. The number of ether oxygens (including phenoxy) is 1. The van der Waals surface area contributed by atoms with Crippen molar-refractivity contribution in [3.05, 3.63) is 27.3 Å². The maximum absolute atomic E-state index is 11.0. The summed E-state index contributed by atoms with van der Waals surface area (Å²) in [5.74, 6) is 0.254. The number of benzene rings is 1. The van der Waals surface area contributed by atoms with Crippen LogP contribution in [0.4, 0.5) is 11.4 Å². The quantitative estimate of drug-likeness (QED) is 0.632. The molecule has 0 aromatic heterocycles. The second-order valence-corrected chi connectivity index (χ2v) is 5.89. The van der Waals surface area contributed by atoms with Crippen molar-refractivity contribution < 1.29 is 9.66 Å². The van der Waals surface area contributed by atoms with E-state index in [-0.39, 0.29) is 11.4 Å². The molecule has 6 nitrogen and oxygen atoms in total. The molecule has 0 radical (unpaired) electrons. The Morgan fingerprint density at radius 1 is 1.29 bits per heavy atom. The van der Waals surface area contributed by atoms with Gasteiger partial charge in [-0.1, -0.05) is 11.6 Å². The van der Waals surface area contributed by atoms with E-state index in [4.69, 9.17) is 16.3 Å². The molecule has 0 N–H and O–H groups in total. The van der Waals surface area contributed by atoms with E-state index in [1.54, 1.807) is 6.07 Å². The van der Waals surface area contributed by atoms with Gasteiger partial charge >= 0.3 is 5.69 Å². The summed E-state index contributed by atoms with van der Waals surface area (Å²) in [5, 5.41) is 11.4. The number of methoxy groups -OCH3 is 1. The normalized spacial score (nSPS) is 19.6. The predicted molar refractivity (Wildman–Crippen MR) is 81.5 cm³/mol. The van der Waals surface area contributed by atoms with Crippen molar-refractivity contribution in [1.82, 2.24) is 4.90 Å². The minimum Gasteiger partial charge on any atom is -0.490 e. The number of piperazine rings is 1. The van der Waals surface area contributed by atoms with E-state index in [2.05, 4.69) is 9.80 Å². The van der Waals surface area contributed by atoms with Crippen LogP contribution in [0.3, 0.4) is 0 Å². The molecule has 7 heteroatoms. The molecule has 1 saturated carbocycles. The van der Waals surface area contributed by atoms with Gasteiger partial charge in [0.2, 0.25) is 0 Å². The topological polar surface area (TPSA) is 58.8 Å². The molecule has 0 atom stereocenters. The molecule has 1 heterocycles. The van der Waals surface area contributed by atoms with Gasteiger partial charge in [0.05, 0.1) is 22.7 Å². The van der Waals surface area contributed by atoms with E-state index in [0.717, 1.165) is 37.9 Å². The molecular formula is C14H18ClN3O3. The van der Waals surface area contributed by atoms with Crippen LogP contribution in [0.2, 0.25) is 5.02 Å². The number of anilines is 1. The number of nitrogens with zero attached hydrogens (tertiary/aromatic N) is 3. The smallest absolute Gasteiger partial charge is 0.312 e. The Morgan fingerprint density at radius 2 is 1.95 bits per heavy atom. The number of nitro benzene ring substituents is 1. The third-order valence-corrected chi connectivity index (χ3v) is 4.47. The minimum absolute atomic E-state index is 0.0946. The number of rotatable bonds is 4. The van der Waals surface area contributed by atoms with Gasteiger partial charge in [-0.15, -0.1) is 0 Å². The van der Waals surface area contributed by atoms with Crippen LogP contribution in [-0.4, -0.2) is 49.2 Å². The fourth-order valence-corrected chi connectivity index (χ4v) is 3.13. The van der Waals surface area contributed by atoms with Crippen LogP contribution >= 0.6 is 11.6 Å². The van der Waals surface area contributed by atoms with Crippen molar-refractivity contribution >= 4 is 23.0 Å². The second-order valence-electron chi connectivity index (χ2n) is 5.49. The van der Waals surface area contributed by atoms with Gasteiger partial charge < -0.3 is 9.64 Å². The van der Waals surface area contributed by atoms with Gasteiger partial charge in [-0.25, -0.2) is 0 Å². The highest BCUT2D eigenvalue weighted by Crippen LogP contribution is 2.38. The van der Waals surface area contributed by atoms with Crippen molar-refractivity contribution in [1.29, 1.82) is 0 Å². The third-order valence-electron chi connectivity index (χ3n) is 4.16. The van der Waals surface area contributed by atoms with Crippen molar-refractivity contribution in [2.45, 2.75) is 18.9 Å². The molecular weight excluding hydrogens is 294 g/mol. The van der Waals surface area contributed by atoms with Gasteiger partial charge in [0.15, 0.2) is 5.75 Å². The largest absolute Gasteiger partial charge is 0.490 e. The number of hydrogen-bond acceptors (Lipinski definition) is 5. The second kappa shape index (κ2) is 5.69. The maximum Gasteiger partial charge on any atom is 0.312 e. The van der Waals surface area contributed by atoms with Gasteiger partial charge in [0.1, 0.15) is 0 Å². The molecule has 1 aliphatic carbocycles. The first kappa shape index (κ1) is 14.4. The van der Waals surface area contributed by atoms with Crippen LogP contribution in [0.25, 0.3) is 0 Å². The Morgan fingerprint density at radius 3 is 2.48 bits per heavy atom. The van der Waals surface area contributed by atoms with Gasteiger partial charge in [-0.05, 0) is 12.8 Å². The van der Waals surface area contributed by atoms with Crippen molar-refractivity contribution in [2.24, 2.45) is 0 Å². The van der Waals surface area contributed by atoms with Crippen LogP contribution in [0.15, 0.2) is 12.1 Å². The summed E-state index contributed by atoms with van der Waals surface area (Å²) in [5.41, 5.74) is 0.720. The molecule has 1 aromatic carbocycles. The Labute approximate surface area is 128 Å². The van der Waals surface area contributed by atoms with E-state index in [0.29, 0.717) is 5.02 Å². The van der Waals surface area contributed by atoms with E-state index in [9.17, 15) is 10.1 Å². The summed E-state index contributed by atoms with van der Waals surface area (Å²) >= 11 is 6.23. The molecule has 1 aliphatic heterocycles.